The van der Waals surface area contributed by atoms with Crippen LogP contribution in [-0.2, 0) is 46.9 Å². The fourth-order valence-corrected chi connectivity index (χ4v) is 1.43. The monoisotopic (exact) mass is 354 g/mol. The molecule has 0 aliphatic carbocycles. The number of hydrogen-bond donors (Lipinski definition) is 3. The topological polar surface area (TPSA) is 208 Å². The van der Waals surface area contributed by atoms with Gasteiger partial charge in [-0.3, -0.25) is 0 Å². The summed E-state index contributed by atoms with van der Waals surface area (Å²) in [5.74, 6) is -14.2. The van der Waals surface area contributed by atoms with E-state index in [1.165, 1.54) is 0 Å². The molecule has 0 rings (SSSR count). The van der Waals surface area contributed by atoms with E-state index >= 15 is 0 Å². The molecule has 0 bridgehead atoms. The molecule has 0 radical (unpaired) electrons. The Bertz CT molecular complexity index is 473. The van der Waals surface area contributed by atoms with Crippen LogP contribution < -0.4 is 0 Å². The van der Waals surface area contributed by atoms with Gasteiger partial charge in [0.1, 0.15) is 0 Å². The molecular formula is C6H4KO13P. The molecule has 0 fully saturated rings. The molecule has 0 saturated carbocycles. The van der Waals surface area contributed by atoms with Crippen LogP contribution in [0, 0.1) is 0 Å². The van der Waals surface area contributed by atoms with Crippen molar-refractivity contribution in [1.29, 1.82) is 0 Å². The Hall–Kier alpha value is -1.31. The molecule has 13 nitrogen and oxygen atoms in total. The summed E-state index contributed by atoms with van der Waals surface area (Å²) in [6.07, 6.45) is 0. The van der Waals surface area contributed by atoms with Crippen molar-refractivity contribution in [2.75, 3.05) is 0 Å². The third-order valence-corrected chi connectivity index (χ3v) is 2.28. The molecule has 0 unspecified atom stereocenters. The number of carboxylic acid groups (broad SMARTS) is 3. The first-order valence-corrected chi connectivity index (χ1v) is 5.45. The van der Waals surface area contributed by atoms with Crippen LogP contribution in [0.25, 0.3) is 0 Å². The first-order valence-electron chi connectivity index (χ1n) is 3.99. The van der Waals surface area contributed by atoms with Gasteiger partial charge in [0.25, 0.3) is 0 Å². The Morgan fingerprint density at radius 3 is 0.952 bits per heavy atom. The molecule has 112 valence electrons. The van der Waals surface area contributed by atoms with Gasteiger partial charge in [-0.1, -0.05) is 0 Å². The molecule has 0 atom stereocenters. The summed E-state index contributed by atoms with van der Waals surface area (Å²) in [6.45, 7) is 0. The predicted octanol–water partition coefficient (Wildman–Crippen LogP) is -2.67. The van der Waals surface area contributed by atoms with E-state index in [0.717, 1.165) is 0 Å². The van der Waals surface area contributed by atoms with Crippen molar-refractivity contribution >= 4 is 95.0 Å². The summed E-state index contributed by atoms with van der Waals surface area (Å²) in [7, 11) is -5.74. The van der Waals surface area contributed by atoms with Gasteiger partial charge in [-0.25, -0.2) is 28.8 Å². The summed E-state index contributed by atoms with van der Waals surface area (Å²) in [6, 6.07) is 0. The van der Waals surface area contributed by atoms with Gasteiger partial charge in [-0.2, -0.15) is 4.57 Å². The molecule has 0 aromatic carbocycles. The number of carbonyl (C=O) groups excluding carboxylic acids is 3. The van der Waals surface area contributed by atoms with Crippen molar-refractivity contribution in [1.82, 2.24) is 0 Å². The van der Waals surface area contributed by atoms with E-state index < -0.39 is 43.6 Å². The number of carboxylic acids is 3. The van der Waals surface area contributed by atoms with Crippen molar-refractivity contribution in [3.05, 3.63) is 0 Å². The number of carbonyl (C=O) groups is 6. The summed E-state index contributed by atoms with van der Waals surface area (Å²) in [5.41, 5.74) is 0. The Morgan fingerprint density at radius 1 is 0.619 bits per heavy atom. The number of phosphoric ester groups is 1. The van der Waals surface area contributed by atoms with Crippen molar-refractivity contribution in [3.63, 3.8) is 0 Å². The molecule has 0 aromatic rings. The number of hydrogen-bond acceptors (Lipinski definition) is 10. The third-order valence-electron chi connectivity index (χ3n) is 1.11. The number of rotatable bonds is 3. The van der Waals surface area contributed by atoms with Crippen LogP contribution in [0.1, 0.15) is 0 Å². The standard InChI is InChI=1S/C6H3O13P.K.H/c7-1(8)4(13)17-20(16,18-5(14)2(9)10)19-6(15)3(11)12;;/h(H,7,8)(H,9,10)(H,11,12);;. The van der Waals surface area contributed by atoms with Crippen LogP contribution in [-0.4, -0.2) is 103 Å². The molecule has 0 aliphatic heterocycles. The van der Waals surface area contributed by atoms with Gasteiger partial charge < -0.3 is 28.9 Å². The second-order valence-corrected chi connectivity index (χ2v) is 3.94. The normalized spacial score (nSPS) is 9.52. The van der Waals surface area contributed by atoms with Gasteiger partial charge in [0.2, 0.25) is 0 Å². The maximum absolute atomic E-state index is 11.4. The van der Waals surface area contributed by atoms with E-state index in [4.69, 9.17) is 15.3 Å². The average Bonchev–Trinajstić information content (AvgIpc) is 2.27. The van der Waals surface area contributed by atoms with Gasteiger partial charge in [0, 0.05) is 0 Å². The van der Waals surface area contributed by atoms with Crippen molar-refractivity contribution in [2.45, 2.75) is 0 Å². The summed E-state index contributed by atoms with van der Waals surface area (Å²) < 4.78 is 21.8. The van der Waals surface area contributed by atoms with Crippen LogP contribution >= 0.6 is 7.82 Å². The van der Waals surface area contributed by atoms with E-state index in [9.17, 15) is 33.3 Å². The number of aliphatic carboxylic acids is 3. The van der Waals surface area contributed by atoms with Crippen LogP contribution in [0.5, 0.6) is 0 Å². The van der Waals surface area contributed by atoms with Crippen LogP contribution in [0.15, 0.2) is 0 Å². The maximum atomic E-state index is 11.4. The van der Waals surface area contributed by atoms with E-state index in [1.54, 1.807) is 0 Å². The zero-order valence-electron chi connectivity index (χ0n) is 8.87. The molecular weight excluding hydrogens is 350 g/mol. The summed E-state index contributed by atoms with van der Waals surface area (Å²) in [5, 5.41) is 24.4. The Labute approximate surface area is 156 Å². The minimum atomic E-state index is -5.74. The van der Waals surface area contributed by atoms with Crippen molar-refractivity contribution in [2.24, 2.45) is 0 Å². The van der Waals surface area contributed by atoms with Crippen LogP contribution in [0.2, 0.25) is 0 Å². The Balaban J connectivity index is 0. The molecule has 0 heterocycles. The fourth-order valence-electron chi connectivity index (χ4n) is 0.478. The molecule has 15 heteroatoms. The van der Waals surface area contributed by atoms with E-state index in [1.807, 2.05) is 0 Å². The average molecular weight is 354 g/mol. The fraction of sp³-hybridized carbons (Fsp3) is 0. The van der Waals surface area contributed by atoms with E-state index in [2.05, 4.69) is 13.6 Å². The van der Waals surface area contributed by atoms with Crippen LogP contribution in [0.3, 0.4) is 0 Å². The summed E-state index contributed by atoms with van der Waals surface area (Å²) >= 11 is 0. The second-order valence-electron chi connectivity index (χ2n) is 2.50. The first kappa shape index (κ1) is 22.0. The Kier molecular flexibility index (Phi) is 9.27. The van der Waals surface area contributed by atoms with Gasteiger partial charge >= 0.3 is 95.0 Å². The molecule has 0 aliphatic rings. The van der Waals surface area contributed by atoms with Crippen molar-refractivity contribution in [3.8, 4) is 0 Å². The van der Waals surface area contributed by atoms with Gasteiger partial charge in [0.05, 0.1) is 0 Å². The van der Waals surface area contributed by atoms with Gasteiger partial charge in [-0.05, 0) is 0 Å². The third kappa shape index (κ3) is 7.89. The predicted molar refractivity (Wildman–Crippen MR) is 55.9 cm³/mol. The Morgan fingerprint density at radius 2 is 0.810 bits per heavy atom. The molecule has 3 N–H and O–H groups in total. The molecule has 0 aromatic heterocycles. The summed E-state index contributed by atoms with van der Waals surface area (Å²) in [4.78, 5) is 62.1. The molecule has 0 spiro atoms. The zero-order valence-corrected chi connectivity index (χ0v) is 9.77. The minimum absolute atomic E-state index is 0. The van der Waals surface area contributed by atoms with Crippen molar-refractivity contribution < 1.29 is 62.2 Å². The van der Waals surface area contributed by atoms with Gasteiger partial charge in [-0.15, -0.1) is 0 Å². The quantitative estimate of drug-likeness (QED) is 0.268. The second kappa shape index (κ2) is 8.86. The van der Waals surface area contributed by atoms with Gasteiger partial charge in [0.15, 0.2) is 0 Å². The SMILES string of the molecule is O=C(O)C(=O)OP(=O)(OC(=O)C(=O)O)OC(=O)C(=O)O.[KH]. The number of phosphoric acid groups is 1. The molecule has 21 heavy (non-hydrogen) atoms. The molecule has 0 amide bonds. The molecule has 0 saturated heterocycles. The zero-order chi connectivity index (χ0) is 16.1. The van der Waals surface area contributed by atoms with E-state index in [-0.39, 0.29) is 51.4 Å². The first-order chi connectivity index (χ1) is 8.98. The van der Waals surface area contributed by atoms with Crippen LogP contribution in [0.4, 0.5) is 0 Å². The van der Waals surface area contributed by atoms with E-state index in [0.29, 0.717) is 0 Å².